The number of rotatable bonds is 7. The maximum Gasteiger partial charge on any atom is 0.0804 e. The highest BCUT2D eigenvalue weighted by molar-refractivity contribution is 4.89. The van der Waals surface area contributed by atoms with Crippen LogP contribution in [0.2, 0.25) is 0 Å². The second kappa shape index (κ2) is 7.49. The minimum absolute atomic E-state index is 0.00656. The van der Waals surface area contributed by atoms with Crippen LogP contribution in [-0.4, -0.2) is 18.8 Å². The zero-order valence-corrected chi connectivity index (χ0v) is 12.9. The molecule has 0 aromatic heterocycles. The van der Waals surface area contributed by atoms with Crippen molar-refractivity contribution in [3.8, 4) is 0 Å². The van der Waals surface area contributed by atoms with Gasteiger partial charge in [-0.2, -0.15) is 0 Å². The first-order valence-corrected chi connectivity index (χ1v) is 7.87. The van der Waals surface area contributed by atoms with Crippen LogP contribution in [0.5, 0.6) is 0 Å². The van der Waals surface area contributed by atoms with E-state index in [0.29, 0.717) is 12.5 Å². The Hall–Kier alpha value is -0.0800. The fraction of sp³-hybridized carbons (Fsp3) is 1.00. The summed E-state index contributed by atoms with van der Waals surface area (Å²) in [4.78, 5) is 0. The Balaban J connectivity index is 2.40. The maximum atomic E-state index is 6.24. The molecule has 0 aliphatic heterocycles. The van der Waals surface area contributed by atoms with Crippen LogP contribution in [-0.2, 0) is 4.74 Å². The number of nitrogens with two attached hydrogens (primary N) is 1. The van der Waals surface area contributed by atoms with Crippen molar-refractivity contribution in [1.29, 1.82) is 0 Å². The Bertz CT molecular complexity index is 219. The summed E-state index contributed by atoms with van der Waals surface area (Å²) in [6.07, 6.45) is 7.40. The maximum absolute atomic E-state index is 6.24. The molecule has 1 unspecified atom stereocenters. The summed E-state index contributed by atoms with van der Waals surface area (Å²) in [5, 5.41) is 0. The summed E-state index contributed by atoms with van der Waals surface area (Å²) in [5.41, 5.74) is 5.99. The third-order valence-corrected chi connectivity index (χ3v) is 4.71. The predicted molar refractivity (Wildman–Crippen MR) is 78.6 cm³/mol. The van der Waals surface area contributed by atoms with E-state index in [2.05, 4.69) is 27.7 Å². The van der Waals surface area contributed by atoms with E-state index < -0.39 is 0 Å². The Labute approximate surface area is 114 Å². The molecule has 18 heavy (non-hydrogen) atoms. The normalized spacial score (nSPS) is 30.7. The lowest BCUT2D eigenvalue weighted by molar-refractivity contribution is -0.0858. The van der Waals surface area contributed by atoms with E-state index >= 15 is 0 Å². The van der Waals surface area contributed by atoms with Crippen molar-refractivity contribution in [3.63, 3.8) is 0 Å². The third kappa shape index (κ3) is 4.55. The minimum Gasteiger partial charge on any atom is -0.373 e. The van der Waals surface area contributed by atoms with Gasteiger partial charge in [0, 0.05) is 13.2 Å². The van der Waals surface area contributed by atoms with Gasteiger partial charge in [-0.25, -0.2) is 0 Å². The molecule has 0 aromatic carbocycles. The van der Waals surface area contributed by atoms with Gasteiger partial charge in [-0.1, -0.05) is 34.1 Å². The van der Waals surface area contributed by atoms with Gasteiger partial charge in [-0.3, -0.25) is 0 Å². The molecule has 0 spiro atoms. The van der Waals surface area contributed by atoms with E-state index in [-0.39, 0.29) is 5.60 Å². The van der Waals surface area contributed by atoms with Crippen LogP contribution in [0.3, 0.4) is 0 Å². The smallest absolute Gasteiger partial charge is 0.0804 e. The summed E-state index contributed by atoms with van der Waals surface area (Å²) >= 11 is 0. The first-order valence-electron chi connectivity index (χ1n) is 7.87. The summed E-state index contributed by atoms with van der Waals surface area (Å²) in [6, 6.07) is 0. The molecule has 0 bridgehead atoms. The topological polar surface area (TPSA) is 35.2 Å². The largest absolute Gasteiger partial charge is 0.373 e. The molecule has 1 rings (SSSR count). The van der Waals surface area contributed by atoms with Gasteiger partial charge in [-0.15, -0.1) is 0 Å². The lowest BCUT2D eigenvalue weighted by atomic mass is 9.74. The van der Waals surface area contributed by atoms with Gasteiger partial charge < -0.3 is 10.5 Å². The zero-order chi connectivity index (χ0) is 13.6. The molecule has 1 saturated carbocycles. The van der Waals surface area contributed by atoms with Crippen LogP contribution in [0, 0.1) is 17.8 Å². The minimum atomic E-state index is -0.00656. The quantitative estimate of drug-likeness (QED) is 0.746. The van der Waals surface area contributed by atoms with Crippen molar-refractivity contribution >= 4 is 0 Å². The standard InChI is InChI=1S/C16H33NO/c1-5-6-14(4)11-18-16(12-17)9-7-15(8-10-16)13(2)3/h13-15H,5-12,17H2,1-4H3. The van der Waals surface area contributed by atoms with Gasteiger partial charge in [0.25, 0.3) is 0 Å². The Morgan fingerprint density at radius 2 is 1.83 bits per heavy atom. The monoisotopic (exact) mass is 255 g/mol. The number of hydrogen-bond donors (Lipinski definition) is 1. The molecule has 1 atom stereocenters. The molecule has 1 aliphatic carbocycles. The average molecular weight is 255 g/mol. The molecule has 1 aliphatic rings. The first kappa shape index (κ1) is 16.0. The highest BCUT2D eigenvalue weighted by atomic mass is 16.5. The molecular weight excluding hydrogens is 222 g/mol. The first-order chi connectivity index (χ1) is 8.53. The molecular formula is C16H33NO. The van der Waals surface area contributed by atoms with Gasteiger partial charge in [-0.05, 0) is 49.9 Å². The molecule has 0 heterocycles. The van der Waals surface area contributed by atoms with E-state index in [1.54, 1.807) is 0 Å². The molecule has 2 N–H and O–H groups in total. The van der Waals surface area contributed by atoms with E-state index in [0.717, 1.165) is 31.3 Å². The highest BCUT2D eigenvalue weighted by Gasteiger charge is 2.36. The van der Waals surface area contributed by atoms with Crippen LogP contribution >= 0.6 is 0 Å². The van der Waals surface area contributed by atoms with Crippen molar-refractivity contribution in [2.75, 3.05) is 13.2 Å². The van der Waals surface area contributed by atoms with E-state index in [4.69, 9.17) is 10.5 Å². The van der Waals surface area contributed by atoms with Crippen molar-refractivity contribution in [2.24, 2.45) is 23.5 Å². The molecule has 2 nitrogen and oxygen atoms in total. The molecule has 1 fully saturated rings. The molecule has 0 radical (unpaired) electrons. The average Bonchev–Trinajstić information content (AvgIpc) is 2.37. The fourth-order valence-electron chi connectivity index (χ4n) is 3.14. The van der Waals surface area contributed by atoms with Gasteiger partial charge in [0.2, 0.25) is 0 Å². The molecule has 0 amide bonds. The molecule has 2 heteroatoms. The van der Waals surface area contributed by atoms with Crippen molar-refractivity contribution in [2.45, 2.75) is 71.8 Å². The predicted octanol–water partition coefficient (Wildman–Crippen LogP) is 3.98. The van der Waals surface area contributed by atoms with Crippen molar-refractivity contribution in [3.05, 3.63) is 0 Å². The lowest BCUT2D eigenvalue weighted by Crippen LogP contribution is -2.45. The van der Waals surface area contributed by atoms with Gasteiger partial charge >= 0.3 is 0 Å². The summed E-state index contributed by atoms with van der Waals surface area (Å²) < 4.78 is 6.24. The molecule has 0 saturated heterocycles. The SMILES string of the molecule is CCCC(C)COC1(CN)CCC(C(C)C)CC1. The second-order valence-corrected chi connectivity index (χ2v) is 6.67. The Morgan fingerprint density at radius 1 is 1.22 bits per heavy atom. The second-order valence-electron chi connectivity index (χ2n) is 6.67. The molecule has 108 valence electrons. The van der Waals surface area contributed by atoms with Crippen LogP contribution in [0.15, 0.2) is 0 Å². The van der Waals surface area contributed by atoms with Gasteiger partial charge in [0.1, 0.15) is 0 Å². The Kier molecular flexibility index (Phi) is 6.65. The van der Waals surface area contributed by atoms with Crippen molar-refractivity contribution < 1.29 is 4.74 Å². The zero-order valence-electron chi connectivity index (χ0n) is 12.9. The van der Waals surface area contributed by atoms with Crippen LogP contribution in [0.4, 0.5) is 0 Å². The third-order valence-electron chi connectivity index (χ3n) is 4.71. The van der Waals surface area contributed by atoms with E-state index in [1.165, 1.54) is 25.7 Å². The van der Waals surface area contributed by atoms with E-state index in [1.807, 2.05) is 0 Å². The summed E-state index contributed by atoms with van der Waals surface area (Å²) in [7, 11) is 0. The van der Waals surface area contributed by atoms with Crippen molar-refractivity contribution in [1.82, 2.24) is 0 Å². The fourth-order valence-corrected chi connectivity index (χ4v) is 3.14. The van der Waals surface area contributed by atoms with Crippen LogP contribution in [0.1, 0.15) is 66.2 Å². The van der Waals surface area contributed by atoms with Crippen LogP contribution < -0.4 is 5.73 Å². The lowest BCUT2D eigenvalue weighted by Gasteiger charge is -2.41. The van der Waals surface area contributed by atoms with Gasteiger partial charge in [0.05, 0.1) is 5.60 Å². The highest BCUT2D eigenvalue weighted by Crippen LogP contribution is 2.37. The number of ether oxygens (including phenoxy) is 1. The Morgan fingerprint density at radius 3 is 2.28 bits per heavy atom. The van der Waals surface area contributed by atoms with E-state index in [9.17, 15) is 0 Å². The number of hydrogen-bond acceptors (Lipinski definition) is 2. The molecule has 0 aromatic rings. The van der Waals surface area contributed by atoms with Gasteiger partial charge in [0.15, 0.2) is 0 Å². The van der Waals surface area contributed by atoms with Crippen LogP contribution in [0.25, 0.3) is 0 Å². The summed E-state index contributed by atoms with van der Waals surface area (Å²) in [6.45, 7) is 10.8. The summed E-state index contributed by atoms with van der Waals surface area (Å²) in [5.74, 6) is 2.35.